The van der Waals surface area contributed by atoms with Gasteiger partial charge in [0.15, 0.2) is 15.6 Å². The van der Waals surface area contributed by atoms with Gasteiger partial charge in [0.05, 0.1) is 22.3 Å². The number of anilines is 1. The van der Waals surface area contributed by atoms with Crippen LogP contribution >= 0.6 is 0 Å². The van der Waals surface area contributed by atoms with Crippen LogP contribution in [-0.2, 0) is 22.6 Å². The zero-order valence-electron chi connectivity index (χ0n) is 20.5. The Balaban J connectivity index is 2.12. The number of H-pyrrole nitrogens is 1. The third kappa shape index (κ3) is 5.99. The van der Waals surface area contributed by atoms with E-state index in [9.17, 15) is 36.0 Å². The summed E-state index contributed by atoms with van der Waals surface area (Å²) in [5.41, 5.74) is -1.61. The molecule has 0 aliphatic heterocycles. The van der Waals surface area contributed by atoms with Gasteiger partial charge in [0.25, 0.3) is 11.5 Å². The minimum Gasteiger partial charge on any atom is -0.325 e. The van der Waals surface area contributed by atoms with Crippen LogP contribution in [0.4, 0.5) is 18.9 Å². The molecule has 0 aliphatic carbocycles. The van der Waals surface area contributed by atoms with Gasteiger partial charge >= 0.3 is 6.18 Å². The smallest absolute Gasteiger partial charge is 0.325 e. The number of alkyl halides is 3. The number of halogens is 3. The third-order valence-electron chi connectivity index (χ3n) is 5.79. The molecule has 3 aromatic rings. The normalized spacial score (nSPS) is 12.0. The van der Waals surface area contributed by atoms with E-state index in [1.807, 2.05) is 0 Å². The van der Waals surface area contributed by atoms with Crippen LogP contribution in [-0.4, -0.2) is 30.3 Å². The van der Waals surface area contributed by atoms with Crippen molar-refractivity contribution in [2.75, 3.05) is 4.90 Å². The molecule has 0 radical (unpaired) electrons. The first-order chi connectivity index (χ1) is 17.1. The van der Waals surface area contributed by atoms with Crippen LogP contribution in [0.3, 0.4) is 0 Å². The lowest BCUT2D eigenvalue weighted by molar-refractivity contribution is -0.137. The number of aryl methyl sites for hydroxylation is 1. The fourth-order valence-corrected chi connectivity index (χ4v) is 4.72. The number of nitrogens with one attached hydrogen (secondary N) is 1. The Morgan fingerprint density at radius 2 is 1.62 bits per heavy atom. The van der Waals surface area contributed by atoms with Crippen molar-refractivity contribution in [2.45, 2.75) is 50.6 Å². The number of carbonyl (C=O) groups is 2. The zero-order chi connectivity index (χ0) is 27.7. The minimum absolute atomic E-state index is 0.0595. The average molecular weight is 535 g/mol. The lowest BCUT2D eigenvalue weighted by Crippen LogP contribution is -2.35. The number of Topliss-reactive ketones (excluding diaryl/α,β-unsaturated/α-hetero) is 1. The van der Waals surface area contributed by atoms with E-state index < -0.39 is 49.6 Å². The molecule has 0 saturated heterocycles. The Morgan fingerprint density at radius 1 is 1.00 bits per heavy atom. The molecule has 3 rings (SSSR count). The Kier molecular flexibility index (Phi) is 7.78. The van der Waals surface area contributed by atoms with Gasteiger partial charge in [-0.05, 0) is 69.7 Å². The molecule has 1 heterocycles. The molecule has 7 nitrogen and oxygen atoms in total. The van der Waals surface area contributed by atoms with Crippen LogP contribution in [0.25, 0.3) is 0 Å². The summed E-state index contributed by atoms with van der Waals surface area (Å²) in [5.74, 6) is -1.34. The van der Waals surface area contributed by atoms with E-state index >= 15 is 0 Å². The van der Waals surface area contributed by atoms with Crippen LogP contribution < -0.4 is 10.5 Å². The summed E-state index contributed by atoms with van der Waals surface area (Å²) in [6.07, 6.45) is -4.68. The van der Waals surface area contributed by atoms with Crippen LogP contribution in [0, 0.1) is 6.92 Å². The van der Waals surface area contributed by atoms with E-state index in [1.54, 1.807) is 0 Å². The first-order valence-corrected chi connectivity index (χ1v) is 12.7. The third-order valence-corrected chi connectivity index (χ3v) is 7.96. The highest BCUT2D eigenvalue weighted by molar-refractivity contribution is 7.92. The summed E-state index contributed by atoms with van der Waals surface area (Å²) in [6.45, 7) is 5.54. The number of nitrogens with zero attached hydrogens (tertiary/aromatic N) is 1. The van der Waals surface area contributed by atoms with Crippen LogP contribution in [0.5, 0.6) is 0 Å². The molecule has 0 unspecified atom stereocenters. The monoisotopic (exact) mass is 534 g/mol. The molecule has 0 atom stereocenters. The number of aromatic nitrogens is 1. The van der Waals surface area contributed by atoms with Crippen molar-refractivity contribution < 1.29 is 31.2 Å². The van der Waals surface area contributed by atoms with E-state index in [4.69, 9.17) is 0 Å². The highest BCUT2D eigenvalue weighted by Crippen LogP contribution is 2.32. The Bertz CT molecular complexity index is 1510. The minimum atomic E-state index is -4.68. The Morgan fingerprint density at radius 3 is 2.16 bits per heavy atom. The van der Waals surface area contributed by atoms with Crippen molar-refractivity contribution in [1.82, 2.24) is 4.98 Å². The molecule has 0 fully saturated rings. The predicted molar refractivity (Wildman–Crippen MR) is 133 cm³/mol. The molecule has 37 heavy (non-hydrogen) atoms. The number of amides is 1. The molecule has 196 valence electrons. The molecule has 2 aromatic carbocycles. The van der Waals surface area contributed by atoms with Crippen LogP contribution in [0.15, 0.2) is 64.3 Å². The highest BCUT2D eigenvalue weighted by Gasteiger charge is 2.32. The van der Waals surface area contributed by atoms with Gasteiger partial charge < -0.3 is 9.88 Å². The van der Waals surface area contributed by atoms with Crippen molar-refractivity contribution in [2.24, 2.45) is 0 Å². The summed E-state index contributed by atoms with van der Waals surface area (Å²) >= 11 is 0. The quantitative estimate of drug-likeness (QED) is 0.433. The maximum absolute atomic E-state index is 13.6. The average Bonchev–Trinajstić information content (AvgIpc) is 2.81. The largest absolute Gasteiger partial charge is 0.416 e. The second-order valence-electron chi connectivity index (χ2n) is 8.78. The number of carbonyl (C=O) groups excluding carboxylic acids is 2. The molecule has 0 bridgehead atoms. The van der Waals surface area contributed by atoms with Crippen molar-refractivity contribution in [3.63, 3.8) is 0 Å². The first kappa shape index (κ1) is 27.9. The number of sulfone groups is 1. The van der Waals surface area contributed by atoms with Gasteiger partial charge in [-0.2, -0.15) is 13.2 Å². The van der Waals surface area contributed by atoms with Crippen molar-refractivity contribution in [3.05, 3.63) is 92.9 Å². The van der Waals surface area contributed by atoms with Gasteiger partial charge in [-0.25, -0.2) is 8.42 Å². The number of hydrogen-bond donors (Lipinski definition) is 1. The molecular formula is C26H25F3N2O5S. The van der Waals surface area contributed by atoms with E-state index in [0.29, 0.717) is 5.56 Å². The molecule has 1 amide bonds. The van der Waals surface area contributed by atoms with E-state index in [2.05, 4.69) is 4.98 Å². The van der Waals surface area contributed by atoms with E-state index in [-0.39, 0.29) is 28.4 Å². The van der Waals surface area contributed by atoms with Crippen molar-refractivity contribution in [1.29, 1.82) is 0 Å². The van der Waals surface area contributed by atoms with Gasteiger partial charge in [0, 0.05) is 16.9 Å². The number of ketones is 1. The number of pyridine rings is 1. The van der Waals surface area contributed by atoms with Gasteiger partial charge in [-0.1, -0.05) is 18.2 Å². The molecule has 0 saturated carbocycles. The topological polar surface area (TPSA) is 104 Å². The van der Waals surface area contributed by atoms with Crippen LogP contribution in [0.1, 0.15) is 58.3 Å². The zero-order valence-corrected chi connectivity index (χ0v) is 21.3. The summed E-state index contributed by atoms with van der Waals surface area (Å²) in [5, 5.41) is -0.662. The summed E-state index contributed by atoms with van der Waals surface area (Å²) in [7, 11) is -3.56. The fraction of sp³-hybridized carbons (Fsp3) is 0.269. The number of aromatic amines is 1. The summed E-state index contributed by atoms with van der Waals surface area (Å²) in [6, 6.07) is 10.8. The second kappa shape index (κ2) is 10.3. The summed E-state index contributed by atoms with van der Waals surface area (Å²) < 4.78 is 65.1. The van der Waals surface area contributed by atoms with Crippen LogP contribution in [0.2, 0.25) is 0 Å². The molecule has 1 N–H and O–H groups in total. The number of hydrogen-bond acceptors (Lipinski definition) is 5. The standard InChI is InChI=1S/C26H25F3N2O5S/c1-15(2)37(35,36)21-10-8-18(9-11-21)14-31(20-7-5-6-19(12-20)26(27,28)29)25(34)23-13-22(17(4)32)16(3)30-24(23)33/h5-13,15H,14H2,1-4H3,(H,30,33). The lowest BCUT2D eigenvalue weighted by atomic mass is 10.1. The lowest BCUT2D eigenvalue weighted by Gasteiger charge is -2.24. The predicted octanol–water partition coefficient (Wildman–Crippen LogP) is 4.93. The molecule has 0 aliphatic rings. The molecular weight excluding hydrogens is 509 g/mol. The number of rotatable bonds is 7. The maximum Gasteiger partial charge on any atom is 0.416 e. The van der Waals surface area contributed by atoms with Crippen molar-refractivity contribution in [3.8, 4) is 0 Å². The van der Waals surface area contributed by atoms with Gasteiger partial charge in [-0.3, -0.25) is 14.4 Å². The molecule has 11 heteroatoms. The maximum atomic E-state index is 13.6. The number of benzene rings is 2. The summed E-state index contributed by atoms with van der Waals surface area (Å²) in [4.78, 5) is 41.6. The molecule has 0 spiro atoms. The van der Waals surface area contributed by atoms with E-state index in [1.165, 1.54) is 58.0 Å². The fourth-order valence-electron chi connectivity index (χ4n) is 3.66. The molecule has 1 aromatic heterocycles. The second-order valence-corrected chi connectivity index (χ2v) is 11.3. The Labute approximate surface area is 211 Å². The Hall–Kier alpha value is -3.73. The highest BCUT2D eigenvalue weighted by atomic mass is 32.2. The first-order valence-electron chi connectivity index (χ1n) is 11.2. The van der Waals surface area contributed by atoms with Gasteiger partial charge in [0.1, 0.15) is 5.56 Å². The van der Waals surface area contributed by atoms with Crippen molar-refractivity contribution >= 4 is 27.2 Å². The van der Waals surface area contributed by atoms with E-state index in [0.717, 1.165) is 29.2 Å². The SMILES string of the molecule is CC(=O)c1cc(C(=O)N(Cc2ccc(S(=O)(=O)C(C)C)cc2)c2cccc(C(F)(F)F)c2)c(=O)[nH]c1C. The van der Waals surface area contributed by atoms with Gasteiger partial charge in [-0.15, -0.1) is 0 Å². The van der Waals surface area contributed by atoms with Gasteiger partial charge in [0.2, 0.25) is 0 Å².